The van der Waals surface area contributed by atoms with E-state index in [9.17, 15) is 18.4 Å². The van der Waals surface area contributed by atoms with Crippen molar-refractivity contribution in [1.29, 1.82) is 5.26 Å². The van der Waals surface area contributed by atoms with Crippen LogP contribution in [-0.4, -0.2) is 105 Å². The van der Waals surface area contributed by atoms with Crippen molar-refractivity contribution < 1.29 is 17.9 Å². The van der Waals surface area contributed by atoms with Crippen LogP contribution in [0.3, 0.4) is 0 Å². The molecular formula is C28H47F3N6O. The SMILES string of the molecule is C=C(C#N)/C(=C\C(=NCC(F)(F)F)N1CCC2(CC1)COC2)N1CC(N(C)CC)C1.C=CCNCC.CC. The summed E-state index contributed by atoms with van der Waals surface area (Å²) in [6.45, 7) is 21.3. The second-order valence-corrected chi connectivity index (χ2v) is 9.62. The number of likely N-dealkylation sites (N-methyl/N-ethyl adjacent to an activating group) is 2. The van der Waals surface area contributed by atoms with E-state index in [2.05, 4.69) is 48.3 Å². The molecule has 0 amide bonds. The first kappa shape index (κ1) is 33.7. The van der Waals surface area contributed by atoms with E-state index in [4.69, 9.17) is 4.74 Å². The summed E-state index contributed by atoms with van der Waals surface area (Å²) in [5, 5.41) is 12.5. The minimum absolute atomic E-state index is 0.170. The Morgan fingerprint density at radius 3 is 2.21 bits per heavy atom. The number of nitrogens with zero attached hydrogens (tertiary/aromatic N) is 5. The van der Waals surface area contributed by atoms with Crippen LogP contribution in [0.4, 0.5) is 13.2 Å². The Hall–Kier alpha value is -2.35. The van der Waals surface area contributed by atoms with Crippen LogP contribution in [0.25, 0.3) is 0 Å². The number of halogens is 3. The Balaban J connectivity index is 0.000000795. The highest BCUT2D eigenvalue weighted by atomic mass is 19.4. The summed E-state index contributed by atoms with van der Waals surface area (Å²) in [7, 11) is 2.04. The van der Waals surface area contributed by atoms with Gasteiger partial charge in [0.1, 0.15) is 18.4 Å². The van der Waals surface area contributed by atoms with E-state index in [1.165, 1.54) is 0 Å². The average Bonchev–Trinajstić information content (AvgIpc) is 2.87. The van der Waals surface area contributed by atoms with Crippen LogP contribution in [0.15, 0.2) is 41.6 Å². The van der Waals surface area contributed by atoms with Crippen molar-refractivity contribution in [2.45, 2.75) is 52.8 Å². The van der Waals surface area contributed by atoms with E-state index in [-0.39, 0.29) is 16.8 Å². The molecule has 3 aliphatic heterocycles. The van der Waals surface area contributed by atoms with Crippen molar-refractivity contribution in [3.63, 3.8) is 0 Å². The number of aliphatic imine (C=N–C) groups is 1. The maximum atomic E-state index is 12.9. The van der Waals surface area contributed by atoms with Gasteiger partial charge < -0.3 is 24.8 Å². The summed E-state index contributed by atoms with van der Waals surface area (Å²) in [5.74, 6) is 0.279. The minimum Gasteiger partial charge on any atom is -0.380 e. The van der Waals surface area contributed by atoms with E-state index in [0.29, 0.717) is 37.9 Å². The summed E-state index contributed by atoms with van der Waals surface area (Å²) in [4.78, 5) is 10.0. The summed E-state index contributed by atoms with van der Waals surface area (Å²) in [5.41, 5.74) is 0.976. The Kier molecular flexibility index (Phi) is 14.7. The van der Waals surface area contributed by atoms with E-state index in [0.717, 1.165) is 45.7 Å². The smallest absolute Gasteiger partial charge is 0.380 e. The van der Waals surface area contributed by atoms with Crippen molar-refractivity contribution in [1.82, 2.24) is 20.0 Å². The van der Waals surface area contributed by atoms with Gasteiger partial charge in [-0.15, -0.1) is 6.58 Å². The van der Waals surface area contributed by atoms with E-state index in [1.54, 1.807) is 6.08 Å². The molecule has 0 atom stereocenters. The van der Waals surface area contributed by atoms with Gasteiger partial charge in [-0.1, -0.05) is 40.3 Å². The maximum absolute atomic E-state index is 12.9. The number of alkyl halides is 3. The molecule has 7 nitrogen and oxygen atoms in total. The van der Waals surface area contributed by atoms with E-state index < -0.39 is 12.7 Å². The third-order valence-electron chi connectivity index (χ3n) is 6.96. The van der Waals surface area contributed by atoms with Crippen LogP contribution in [0.2, 0.25) is 0 Å². The van der Waals surface area contributed by atoms with E-state index >= 15 is 0 Å². The van der Waals surface area contributed by atoms with Crippen LogP contribution in [0.1, 0.15) is 40.5 Å². The van der Waals surface area contributed by atoms with Crippen molar-refractivity contribution in [2.24, 2.45) is 10.4 Å². The molecule has 0 aromatic rings. The highest BCUT2D eigenvalue weighted by molar-refractivity contribution is 5.94. The molecule has 0 saturated carbocycles. The number of likely N-dealkylation sites (tertiary alicyclic amines) is 2. The zero-order valence-corrected chi connectivity index (χ0v) is 23.9. The van der Waals surface area contributed by atoms with Crippen LogP contribution in [-0.2, 0) is 4.74 Å². The Bertz CT molecular complexity index is 829. The molecule has 0 aromatic carbocycles. The molecule has 3 heterocycles. The fraction of sp³-hybridized carbons (Fsp3) is 0.714. The lowest BCUT2D eigenvalue weighted by atomic mass is 9.77. The zero-order chi connectivity index (χ0) is 28.8. The Morgan fingerprint density at radius 2 is 1.82 bits per heavy atom. The van der Waals surface area contributed by atoms with Gasteiger partial charge in [-0.3, -0.25) is 4.99 Å². The molecule has 38 heavy (non-hydrogen) atoms. The van der Waals surface area contributed by atoms with E-state index in [1.807, 2.05) is 36.8 Å². The van der Waals surface area contributed by atoms with Gasteiger partial charge in [0, 0.05) is 50.3 Å². The Labute approximate surface area is 227 Å². The molecule has 3 fully saturated rings. The number of nitrogens with one attached hydrogen (secondary N) is 1. The number of piperidine rings is 1. The van der Waals surface area contributed by atoms with Gasteiger partial charge in [-0.25, -0.2) is 0 Å². The highest BCUT2D eigenvalue weighted by Crippen LogP contribution is 2.38. The lowest BCUT2D eigenvalue weighted by Crippen LogP contribution is -2.58. The molecular weight excluding hydrogens is 493 g/mol. The van der Waals surface area contributed by atoms with Gasteiger partial charge in [0.2, 0.25) is 0 Å². The number of hydrogen-bond donors (Lipinski definition) is 1. The highest BCUT2D eigenvalue weighted by Gasteiger charge is 2.42. The first-order chi connectivity index (χ1) is 18.1. The van der Waals surface area contributed by atoms with Crippen molar-refractivity contribution in [2.75, 3.05) is 72.6 Å². The largest absolute Gasteiger partial charge is 0.408 e. The van der Waals surface area contributed by atoms with Crippen molar-refractivity contribution in [3.8, 4) is 6.07 Å². The number of allylic oxidation sites excluding steroid dienone is 1. The maximum Gasteiger partial charge on any atom is 0.408 e. The summed E-state index contributed by atoms with van der Waals surface area (Å²) in [6.07, 6.45) is 0.829. The number of ether oxygens (including phenoxy) is 1. The second-order valence-electron chi connectivity index (χ2n) is 9.62. The Morgan fingerprint density at radius 1 is 1.21 bits per heavy atom. The summed E-state index contributed by atoms with van der Waals surface area (Å²) >= 11 is 0. The molecule has 216 valence electrons. The van der Waals surface area contributed by atoms with Crippen LogP contribution in [0.5, 0.6) is 0 Å². The molecule has 1 N–H and O–H groups in total. The third kappa shape index (κ3) is 10.4. The van der Waals surface area contributed by atoms with Gasteiger partial charge in [0.15, 0.2) is 0 Å². The molecule has 3 rings (SSSR count). The predicted octanol–water partition coefficient (Wildman–Crippen LogP) is 4.47. The quantitative estimate of drug-likeness (QED) is 0.116. The van der Waals surface area contributed by atoms with Gasteiger partial charge in [0.25, 0.3) is 0 Å². The predicted molar refractivity (Wildman–Crippen MR) is 149 cm³/mol. The monoisotopic (exact) mass is 540 g/mol. The molecule has 0 aliphatic carbocycles. The minimum atomic E-state index is -4.38. The molecule has 0 unspecified atom stereocenters. The molecule has 0 aromatic heterocycles. The van der Waals surface area contributed by atoms with Gasteiger partial charge in [0.05, 0.1) is 24.5 Å². The number of nitriles is 1. The van der Waals surface area contributed by atoms with Gasteiger partial charge in [-0.2, -0.15) is 18.4 Å². The normalized spacial score (nSPS) is 19.4. The first-order valence-electron chi connectivity index (χ1n) is 13.6. The second kappa shape index (κ2) is 16.6. The summed E-state index contributed by atoms with van der Waals surface area (Å²) in [6, 6.07) is 2.41. The van der Waals surface area contributed by atoms with Gasteiger partial charge >= 0.3 is 6.18 Å². The molecule has 1 spiro atoms. The summed E-state index contributed by atoms with van der Waals surface area (Å²) < 4.78 is 44.0. The lowest BCUT2D eigenvalue weighted by Gasteiger charge is -2.48. The number of amidine groups is 1. The average molecular weight is 541 g/mol. The number of rotatable bonds is 9. The zero-order valence-electron chi connectivity index (χ0n) is 23.9. The molecule has 0 bridgehead atoms. The topological polar surface area (TPSA) is 67.1 Å². The van der Waals surface area contributed by atoms with Crippen LogP contribution < -0.4 is 5.32 Å². The van der Waals surface area contributed by atoms with Crippen LogP contribution >= 0.6 is 0 Å². The molecule has 0 radical (unpaired) electrons. The van der Waals surface area contributed by atoms with Crippen molar-refractivity contribution in [3.05, 3.63) is 36.6 Å². The fourth-order valence-corrected chi connectivity index (χ4v) is 4.28. The van der Waals surface area contributed by atoms with Crippen molar-refractivity contribution >= 4 is 5.84 Å². The molecule has 3 saturated heterocycles. The fourth-order valence-electron chi connectivity index (χ4n) is 4.28. The molecule has 10 heteroatoms. The van der Waals surface area contributed by atoms with Crippen LogP contribution in [0, 0.1) is 16.7 Å². The molecule has 3 aliphatic rings. The lowest BCUT2D eigenvalue weighted by molar-refractivity contribution is -0.134. The first-order valence-corrected chi connectivity index (χ1v) is 13.6. The third-order valence-corrected chi connectivity index (χ3v) is 6.96. The standard InChI is InChI=1S/C21H30F3N5O.C5H11N.C2H6/c1-4-27(3)17-11-29(12-17)18(16(2)10-25)9-19(26-13-21(22,23)24)28-7-5-20(6-8-28)14-30-15-20;1-3-5-6-4-2;1-2/h9,17H,2,4-8,11-15H2,1,3H3;3,6H,1,4-5H2,2H3;1-2H3/b18-9+,26-19?;;. The van der Waals surface area contributed by atoms with Gasteiger partial charge in [-0.05, 0) is 33.0 Å². The number of hydrogen-bond acceptors (Lipinski definition) is 6.